The minimum absolute atomic E-state index is 0.00541. The number of amides is 1. The van der Waals surface area contributed by atoms with Gasteiger partial charge < -0.3 is 18.9 Å². The monoisotopic (exact) mass is 467 g/mol. The summed E-state index contributed by atoms with van der Waals surface area (Å²) >= 11 is 0. The molecule has 1 aromatic heterocycles. The van der Waals surface area contributed by atoms with Crippen molar-refractivity contribution in [3.05, 3.63) is 96.8 Å². The molecule has 0 aliphatic carbocycles. The van der Waals surface area contributed by atoms with E-state index in [1.807, 2.05) is 71.6 Å². The van der Waals surface area contributed by atoms with Gasteiger partial charge in [-0.1, -0.05) is 42.5 Å². The molecule has 0 unspecified atom stereocenters. The van der Waals surface area contributed by atoms with Crippen LogP contribution < -0.4 is 14.4 Å². The van der Waals surface area contributed by atoms with E-state index in [2.05, 4.69) is 23.3 Å². The number of carbonyl (C=O) groups is 1. The molecule has 4 aromatic rings. The van der Waals surface area contributed by atoms with E-state index in [1.54, 1.807) is 7.11 Å². The maximum atomic E-state index is 13.0. The van der Waals surface area contributed by atoms with E-state index in [4.69, 9.17) is 14.5 Å². The number of nitrogens with zero attached hydrogens (tertiary/aromatic N) is 3. The number of anilines is 1. The lowest BCUT2D eigenvalue weighted by Gasteiger charge is -2.18. The molecule has 5 rings (SSSR count). The molecule has 3 aromatic carbocycles. The minimum atomic E-state index is -0.00541. The van der Waals surface area contributed by atoms with Crippen LogP contribution in [0, 0.1) is 0 Å². The Balaban J connectivity index is 1.39. The highest BCUT2D eigenvalue weighted by atomic mass is 16.5. The first-order valence-corrected chi connectivity index (χ1v) is 11.9. The van der Waals surface area contributed by atoms with Crippen LogP contribution >= 0.6 is 0 Å². The predicted molar refractivity (Wildman–Crippen MR) is 138 cm³/mol. The third-order valence-electron chi connectivity index (χ3n) is 6.45. The van der Waals surface area contributed by atoms with Crippen molar-refractivity contribution in [3.8, 4) is 11.5 Å². The first kappa shape index (κ1) is 22.7. The van der Waals surface area contributed by atoms with Crippen LogP contribution in [0.25, 0.3) is 11.0 Å². The van der Waals surface area contributed by atoms with Crippen molar-refractivity contribution < 1.29 is 14.3 Å². The lowest BCUT2D eigenvalue weighted by molar-refractivity contribution is -0.117. The van der Waals surface area contributed by atoms with Crippen molar-refractivity contribution in [2.24, 2.45) is 0 Å². The zero-order valence-electron chi connectivity index (χ0n) is 19.9. The lowest BCUT2D eigenvalue weighted by Crippen LogP contribution is -2.24. The van der Waals surface area contributed by atoms with Crippen LogP contribution in [-0.2, 0) is 17.8 Å². The van der Waals surface area contributed by atoms with Gasteiger partial charge in [-0.15, -0.1) is 6.58 Å². The number of methoxy groups -OCH3 is 1. The number of allylic oxidation sites excluding steroid dienone is 1. The van der Waals surface area contributed by atoms with Crippen molar-refractivity contribution in [2.45, 2.75) is 25.3 Å². The maximum Gasteiger partial charge on any atom is 0.227 e. The molecule has 6 nitrogen and oxygen atoms in total. The van der Waals surface area contributed by atoms with Gasteiger partial charge in [-0.2, -0.15) is 0 Å². The Morgan fingerprint density at radius 3 is 2.77 bits per heavy atom. The van der Waals surface area contributed by atoms with E-state index < -0.39 is 0 Å². The Labute approximate surface area is 205 Å². The SMILES string of the molecule is C=CCc1ccccc1OCCn1c([C@H]2CC(=O)N(c3cccc(OC)c3)C2)nc2ccccc21. The molecular weight excluding hydrogens is 438 g/mol. The van der Waals surface area contributed by atoms with Gasteiger partial charge in [-0.25, -0.2) is 4.98 Å². The zero-order chi connectivity index (χ0) is 24.2. The van der Waals surface area contributed by atoms with Gasteiger partial charge in [0.25, 0.3) is 0 Å². The summed E-state index contributed by atoms with van der Waals surface area (Å²) in [5, 5.41) is 0. The molecule has 2 heterocycles. The molecule has 0 N–H and O–H groups in total. The molecule has 35 heavy (non-hydrogen) atoms. The molecule has 1 saturated heterocycles. The van der Waals surface area contributed by atoms with Crippen LogP contribution in [0.4, 0.5) is 5.69 Å². The second-order valence-corrected chi connectivity index (χ2v) is 8.67. The first-order chi connectivity index (χ1) is 17.2. The number of aromatic nitrogens is 2. The fourth-order valence-electron chi connectivity index (χ4n) is 4.76. The molecule has 1 fully saturated rings. The fraction of sp³-hybridized carbons (Fsp3) is 0.241. The molecular formula is C29H29N3O3. The standard InChI is InChI=1S/C29H29N3O3/c1-3-9-21-10-4-7-15-27(21)35-17-16-31-26-14-6-5-13-25(26)30-29(31)22-18-28(33)32(20-22)23-11-8-12-24(19-23)34-2/h3-8,10-15,19,22H,1,9,16-18,20H2,2H3/t22-/m0/s1. The molecule has 1 amide bonds. The minimum Gasteiger partial charge on any atom is -0.497 e. The van der Waals surface area contributed by atoms with E-state index in [-0.39, 0.29) is 11.8 Å². The van der Waals surface area contributed by atoms with Gasteiger partial charge in [0, 0.05) is 30.6 Å². The summed E-state index contributed by atoms with van der Waals surface area (Å²) in [4.78, 5) is 19.8. The van der Waals surface area contributed by atoms with Gasteiger partial charge in [-0.05, 0) is 42.3 Å². The summed E-state index contributed by atoms with van der Waals surface area (Å²) in [6, 6.07) is 23.8. The number of hydrogen-bond acceptors (Lipinski definition) is 4. The number of ether oxygens (including phenoxy) is 2. The molecule has 1 aliphatic heterocycles. The van der Waals surface area contributed by atoms with Crippen molar-refractivity contribution >= 4 is 22.6 Å². The van der Waals surface area contributed by atoms with Gasteiger partial charge in [0.05, 0.1) is 24.7 Å². The fourth-order valence-corrected chi connectivity index (χ4v) is 4.76. The van der Waals surface area contributed by atoms with Crippen LogP contribution in [0.2, 0.25) is 0 Å². The number of benzene rings is 3. The van der Waals surface area contributed by atoms with Crippen LogP contribution in [0.5, 0.6) is 11.5 Å². The Kier molecular flexibility index (Phi) is 6.53. The average Bonchev–Trinajstić information content (AvgIpc) is 3.46. The third kappa shape index (κ3) is 4.64. The Bertz CT molecular complexity index is 1360. The number of imidazole rings is 1. The average molecular weight is 468 g/mol. The predicted octanol–water partition coefficient (Wildman–Crippen LogP) is 5.37. The highest BCUT2D eigenvalue weighted by molar-refractivity contribution is 5.96. The second-order valence-electron chi connectivity index (χ2n) is 8.67. The smallest absolute Gasteiger partial charge is 0.227 e. The number of para-hydroxylation sites is 3. The van der Waals surface area contributed by atoms with Crippen LogP contribution in [0.1, 0.15) is 23.7 Å². The summed E-state index contributed by atoms with van der Waals surface area (Å²) in [5.41, 5.74) is 3.95. The quantitative estimate of drug-likeness (QED) is 0.311. The second kappa shape index (κ2) is 10.1. The number of carbonyl (C=O) groups excluding carboxylic acids is 1. The van der Waals surface area contributed by atoms with Gasteiger partial charge in [0.2, 0.25) is 5.91 Å². The van der Waals surface area contributed by atoms with E-state index >= 15 is 0 Å². The van der Waals surface area contributed by atoms with Gasteiger partial charge >= 0.3 is 0 Å². The summed E-state index contributed by atoms with van der Waals surface area (Å²) < 4.78 is 13.7. The summed E-state index contributed by atoms with van der Waals surface area (Å²) in [5.74, 6) is 2.62. The number of fused-ring (bicyclic) bond motifs is 1. The van der Waals surface area contributed by atoms with Crippen molar-refractivity contribution in [1.82, 2.24) is 9.55 Å². The normalized spacial score (nSPS) is 15.5. The largest absolute Gasteiger partial charge is 0.497 e. The summed E-state index contributed by atoms with van der Waals surface area (Å²) in [6.45, 7) is 5.57. The number of rotatable bonds is 9. The summed E-state index contributed by atoms with van der Waals surface area (Å²) in [6.07, 6.45) is 3.07. The van der Waals surface area contributed by atoms with E-state index in [1.165, 1.54) is 0 Å². The highest BCUT2D eigenvalue weighted by Crippen LogP contribution is 2.34. The third-order valence-corrected chi connectivity index (χ3v) is 6.45. The molecule has 6 heteroatoms. The molecule has 1 atom stereocenters. The Morgan fingerprint density at radius 1 is 1.09 bits per heavy atom. The highest BCUT2D eigenvalue weighted by Gasteiger charge is 2.35. The van der Waals surface area contributed by atoms with Crippen LogP contribution in [0.15, 0.2) is 85.5 Å². The zero-order valence-corrected chi connectivity index (χ0v) is 19.9. The molecule has 1 aliphatic rings. The molecule has 178 valence electrons. The topological polar surface area (TPSA) is 56.6 Å². The first-order valence-electron chi connectivity index (χ1n) is 11.9. The van der Waals surface area contributed by atoms with Gasteiger partial charge in [0.15, 0.2) is 0 Å². The number of hydrogen-bond donors (Lipinski definition) is 0. The Hall–Kier alpha value is -4.06. The molecule has 0 saturated carbocycles. The Morgan fingerprint density at radius 2 is 1.91 bits per heavy atom. The maximum absolute atomic E-state index is 13.0. The van der Waals surface area contributed by atoms with E-state index in [9.17, 15) is 4.79 Å². The molecule has 0 radical (unpaired) electrons. The van der Waals surface area contributed by atoms with E-state index in [0.29, 0.717) is 26.1 Å². The van der Waals surface area contributed by atoms with Gasteiger partial charge in [0.1, 0.15) is 23.9 Å². The lowest BCUT2D eigenvalue weighted by atomic mass is 10.1. The molecule has 0 spiro atoms. The van der Waals surface area contributed by atoms with Gasteiger partial charge in [-0.3, -0.25) is 4.79 Å². The van der Waals surface area contributed by atoms with Crippen molar-refractivity contribution in [1.29, 1.82) is 0 Å². The van der Waals surface area contributed by atoms with Crippen molar-refractivity contribution in [3.63, 3.8) is 0 Å². The van der Waals surface area contributed by atoms with E-state index in [0.717, 1.165) is 46.0 Å². The van der Waals surface area contributed by atoms with Crippen LogP contribution in [-0.4, -0.2) is 35.7 Å². The van der Waals surface area contributed by atoms with Crippen LogP contribution in [0.3, 0.4) is 0 Å². The summed E-state index contributed by atoms with van der Waals surface area (Å²) in [7, 11) is 1.63. The molecule has 0 bridgehead atoms. The van der Waals surface area contributed by atoms with Crippen molar-refractivity contribution in [2.75, 3.05) is 25.2 Å².